The average Bonchev–Trinajstić information content (AvgIpc) is 2.82. The van der Waals surface area contributed by atoms with Crippen LogP contribution >= 0.6 is 0 Å². The topological polar surface area (TPSA) is 81.8 Å². The lowest BCUT2D eigenvalue weighted by molar-refractivity contribution is 0.0691. The first-order valence-electron chi connectivity index (χ1n) is 4.44. The predicted octanol–water partition coefficient (Wildman–Crippen LogP) is 1.74. The SMILES string of the molecule is O=C(O)c1cc2c(ccc3c[nH][nH]c32)n1. The van der Waals surface area contributed by atoms with Gasteiger partial charge in [0.05, 0.1) is 11.0 Å². The molecular weight excluding hydrogens is 194 g/mol. The van der Waals surface area contributed by atoms with E-state index in [-0.39, 0.29) is 5.69 Å². The Kier molecular flexibility index (Phi) is 1.39. The molecule has 0 fully saturated rings. The molecule has 0 atom stereocenters. The molecule has 5 heteroatoms. The van der Waals surface area contributed by atoms with E-state index in [9.17, 15) is 4.79 Å². The predicted molar refractivity (Wildman–Crippen MR) is 54.9 cm³/mol. The minimum Gasteiger partial charge on any atom is -0.477 e. The van der Waals surface area contributed by atoms with Gasteiger partial charge in [-0.25, -0.2) is 9.78 Å². The molecule has 3 N–H and O–H groups in total. The summed E-state index contributed by atoms with van der Waals surface area (Å²) in [7, 11) is 0. The van der Waals surface area contributed by atoms with E-state index in [1.807, 2.05) is 18.3 Å². The first-order chi connectivity index (χ1) is 7.25. The van der Waals surface area contributed by atoms with Crippen molar-refractivity contribution >= 4 is 27.8 Å². The quantitative estimate of drug-likeness (QED) is 0.560. The summed E-state index contributed by atoms with van der Waals surface area (Å²) in [4.78, 5) is 14.8. The van der Waals surface area contributed by atoms with Gasteiger partial charge in [-0.3, -0.25) is 0 Å². The van der Waals surface area contributed by atoms with Crippen molar-refractivity contribution in [3.05, 3.63) is 30.1 Å². The highest BCUT2D eigenvalue weighted by Gasteiger charge is 2.11. The van der Waals surface area contributed by atoms with E-state index >= 15 is 0 Å². The molecule has 0 unspecified atom stereocenters. The zero-order valence-electron chi connectivity index (χ0n) is 7.61. The van der Waals surface area contributed by atoms with E-state index in [4.69, 9.17) is 5.11 Å². The van der Waals surface area contributed by atoms with Crippen LogP contribution in [0, 0.1) is 0 Å². The van der Waals surface area contributed by atoms with E-state index in [2.05, 4.69) is 15.2 Å². The highest BCUT2D eigenvalue weighted by Crippen LogP contribution is 2.23. The molecule has 2 aromatic heterocycles. The van der Waals surface area contributed by atoms with Crippen LogP contribution in [0.15, 0.2) is 24.4 Å². The molecule has 0 saturated carbocycles. The lowest BCUT2D eigenvalue weighted by Crippen LogP contribution is -1.94. The number of nitrogens with one attached hydrogen (secondary N) is 2. The molecule has 0 aliphatic heterocycles. The third-order valence-corrected chi connectivity index (χ3v) is 2.42. The van der Waals surface area contributed by atoms with Gasteiger partial charge in [-0.2, -0.15) is 0 Å². The summed E-state index contributed by atoms with van der Waals surface area (Å²) in [5.74, 6) is -1.00. The molecule has 0 spiro atoms. The Labute approximate surface area is 83.7 Å². The van der Waals surface area contributed by atoms with Crippen LogP contribution in [0.2, 0.25) is 0 Å². The second-order valence-corrected chi connectivity index (χ2v) is 3.32. The number of benzene rings is 1. The maximum absolute atomic E-state index is 10.8. The van der Waals surface area contributed by atoms with Crippen LogP contribution in [0.1, 0.15) is 10.5 Å². The summed E-state index contributed by atoms with van der Waals surface area (Å²) in [5, 5.41) is 16.5. The van der Waals surface area contributed by atoms with Crippen LogP contribution in [-0.4, -0.2) is 26.3 Å². The smallest absolute Gasteiger partial charge is 0.354 e. The first kappa shape index (κ1) is 8.05. The van der Waals surface area contributed by atoms with Crippen molar-refractivity contribution in [2.24, 2.45) is 0 Å². The summed E-state index contributed by atoms with van der Waals surface area (Å²) in [6, 6.07) is 5.28. The van der Waals surface area contributed by atoms with Crippen LogP contribution in [0.25, 0.3) is 21.8 Å². The number of carbonyl (C=O) groups is 1. The molecular formula is C10H7N3O2. The highest BCUT2D eigenvalue weighted by molar-refractivity contribution is 6.06. The number of rotatable bonds is 1. The normalized spacial score (nSPS) is 11.2. The Hall–Kier alpha value is -2.30. The van der Waals surface area contributed by atoms with Gasteiger partial charge in [0.25, 0.3) is 0 Å². The summed E-state index contributed by atoms with van der Waals surface area (Å²) >= 11 is 0. The van der Waals surface area contributed by atoms with Crippen molar-refractivity contribution in [2.45, 2.75) is 0 Å². The molecule has 0 radical (unpaired) electrons. The van der Waals surface area contributed by atoms with Crippen LogP contribution < -0.4 is 0 Å². The van der Waals surface area contributed by atoms with Crippen molar-refractivity contribution in [1.29, 1.82) is 0 Å². The maximum atomic E-state index is 10.8. The molecule has 3 rings (SSSR count). The Morgan fingerprint density at radius 1 is 1.40 bits per heavy atom. The number of aromatic carboxylic acids is 1. The first-order valence-corrected chi connectivity index (χ1v) is 4.44. The van der Waals surface area contributed by atoms with Gasteiger partial charge >= 0.3 is 5.97 Å². The standard InChI is InChI=1S/C10H7N3O2/c14-10(15)8-3-6-7(12-8)2-1-5-4-11-13-9(5)6/h1-4,11,13H,(H,14,15). The van der Waals surface area contributed by atoms with Crippen molar-refractivity contribution in [3.63, 3.8) is 0 Å². The molecule has 5 nitrogen and oxygen atoms in total. The van der Waals surface area contributed by atoms with Crippen molar-refractivity contribution in [3.8, 4) is 0 Å². The molecule has 2 heterocycles. The van der Waals surface area contributed by atoms with Crippen molar-refractivity contribution in [1.82, 2.24) is 15.2 Å². The number of nitrogens with zero attached hydrogens (tertiary/aromatic N) is 1. The fourth-order valence-corrected chi connectivity index (χ4v) is 1.72. The molecule has 0 aliphatic carbocycles. The van der Waals surface area contributed by atoms with Crippen LogP contribution in [0.3, 0.4) is 0 Å². The van der Waals surface area contributed by atoms with Crippen LogP contribution in [0.5, 0.6) is 0 Å². The number of hydrogen-bond donors (Lipinski definition) is 3. The van der Waals surface area contributed by atoms with Gasteiger partial charge in [0.2, 0.25) is 0 Å². The largest absolute Gasteiger partial charge is 0.477 e. The van der Waals surface area contributed by atoms with Gasteiger partial charge < -0.3 is 15.3 Å². The number of aromatic nitrogens is 3. The molecule has 74 valence electrons. The minimum absolute atomic E-state index is 0.0760. The summed E-state index contributed by atoms with van der Waals surface area (Å²) in [6.45, 7) is 0. The number of carboxylic acids is 1. The van der Waals surface area contributed by atoms with E-state index < -0.39 is 5.97 Å². The Balaban J connectivity index is 2.46. The molecule has 15 heavy (non-hydrogen) atoms. The number of hydrogen-bond acceptors (Lipinski definition) is 2. The number of aromatic amines is 2. The average molecular weight is 201 g/mol. The van der Waals surface area contributed by atoms with Crippen molar-refractivity contribution < 1.29 is 9.90 Å². The van der Waals surface area contributed by atoms with E-state index in [0.717, 1.165) is 16.3 Å². The fourth-order valence-electron chi connectivity index (χ4n) is 1.72. The van der Waals surface area contributed by atoms with Gasteiger partial charge in [-0.1, -0.05) is 0 Å². The number of fused-ring (bicyclic) bond motifs is 3. The Bertz CT molecular complexity index is 665. The van der Waals surface area contributed by atoms with Gasteiger partial charge in [-0.05, 0) is 18.2 Å². The number of H-pyrrole nitrogens is 2. The maximum Gasteiger partial charge on any atom is 0.354 e. The van der Waals surface area contributed by atoms with Crippen LogP contribution in [0.4, 0.5) is 0 Å². The van der Waals surface area contributed by atoms with Gasteiger partial charge in [-0.15, -0.1) is 0 Å². The second kappa shape index (κ2) is 2.60. The van der Waals surface area contributed by atoms with Crippen LogP contribution in [-0.2, 0) is 0 Å². The Morgan fingerprint density at radius 3 is 3.07 bits per heavy atom. The lowest BCUT2D eigenvalue weighted by atomic mass is 10.2. The molecule has 0 saturated heterocycles. The third kappa shape index (κ3) is 1.03. The summed E-state index contributed by atoms with van der Waals surface area (Å²) in [6.07, 6.45) is 1.82. The van der Waals surface area contributed by atoms with E-state index in [1.165, 1.54) is 0 Å². The van der Waals surface area contributed by atoms with Gasteiger partial charge in [0.15, 0.2) is 0 Å². The van der Waals surface area contributed by atoms with Crippen molar-refractivity contribution in [2.75, 3.05) is 0 Å². The summed E-state index contributed by atoms with van der Waals surface area (Å²) < 4.78 is 0. The molecule has 1 aromatic carbocycles. The second-order valence-electron chi connectivity index (χ2n) is 3.32. The lowest BCUT2D eigenvalue weighted by Gasteiger charge is -1.89. The van der Waals surface area contributed by atoms with E-state index in [0.29, 0.717) is 5.52 Å². The van der Waals surface area contributed by atoms with E-state index in [1.54, 1.807) is 6.07 Å². The molecule has 3 aromatic rings. The fraction of sp³-hybridized carbons (Fsp3) is 0. The zero-order valence-corrected chi connectivity index (χ0v) is 7.61. The summed E-state index contributed by atoms with van der Waals surface area (Å²) in [5.41, 5.74) is 1.65. The Morgan fingerprint density at radius 2 is 2.27 bits per heavy atom. The van der Waals surface area contributed by atoms with Gasteiger partial charge in [0.1, 0.15) is 5.69 Å². The minimum atomic E-state index is -1.00. The monoisotopic (exact) mass is 201 g/mol. The molecule has 0 aliphatic rings. The molecule has 0 bridgehead atoms. The highest BCUT2D eigenvalue weighted by atomic mass is 16.4. The zero-order chi connectivity index (χ0) is 10.4. The third-order valence-electron chi connectivity index (χ3n) is 2.42. The molecule has 0 amide bonds. The number of carboxylic acid groups (broad SMARTS) is 1. The van der Waals surface area contributed by atoms with Gasteiger partial charge in [0, 0.05) is 17.0 Å².